The van der Waals surface area contributed by atoms with Crippen molar-refractivity contribution in [3.63, 3.8) is 0 Å². The molecule has 3 N–H and O–H groups in total. The fourth-order valence-electron chi connectivity index (χ4n) is 2.01. The topological polar surface area (TPSA) is 54.2 Å². The van der Waals surface area contributed by atoms with E-state index >= 15 is 0 Å². The van der Waals surface area contributed by atoms with Crippen LogP contribution in [0.25, 0.3) is 0 Å². The summed E-state index contributed by atoms with van der Waals surface area (Å²) in [6, 6.07) is 4.64. The predicted octanol–water partition coefficient (Wildman–Crippen LogP) is 1.61. The largest absolute Gasteiger partial charge is 0.389 e. The van der Waals surface area contributed by atoms with Gasteiger partial charge in [0.1, 0.15) is 10.8 Å². The zero-order valence-corrected chi connectivity index (χ0v) is 11.5. The molecule has 0 aliphatic heterocycles. The van der Waals surface area contributed by atoms with E-state index in [4.69, 9.17) is 18.0 Å². The Kier molecular flexibility index (Phi) is 4.49. The zero-order valence-electron chi connectivity index (χ0n) is 10.7. The number of hydrogen-bond acceptors (Lipinski definition) is 4. The minimum absolute atomic E-state index is 0.389. The number of likely N-dealkylation sites (N-methyl/N-ethyl adjacent to an activating group) is 1. The van der Waals surface area contributed by atoms with Crippen LogP contribution in [-0.2, 0) is 0 Å². The number of nitrogens with zero attached hydrogens (tertiary/aromatic N) is 2. The molecule has 0 radical (unpaired) electrons. The van der Waals surface area contributed by atoms with E-state index in [1.165, 1.54) is 12.8 Å². The summed E-state index contributed by atoms with van der Waals surface area (Å²) < 4.78 is 0. The smallest absolute Gasteiger partial charge is 0.125 e. The predicted molar refractivity (Wildman–Crippen MR) is 78.9 cm³/mol. The van der Waals surface area contributed by atoms with Crippen molar-refractivity contribution < 1.29 is 0 Å². The molecule has 5 heteroatoms. The average molecular weight is 264 g/mol. The van der Waals surface area contributed by atoms with Gasteiger partial charge in [0.05, 0.1) is 0 Å². The lowest BCUT2D eigenvalue weighted by Gasteiger charge is -2.19. The maximum absolute atomic E-state index is 5.53. The van der Waals surface area contributed by atoms with Crippen molar-refractivity contribution >= 4 is 23.0 Å². The molecule has 1 aliphatic rings. The van der Waals surface area contributed by atoms with Gasteiger partial charge >= 0.3 is 0 Å². The number of anilines is 1. The fourth-order valence-corrected chi connectivity index (χ4v) is 2.13. The van der Waals surface area contributed by atoms with Crippen LogP contribution < -0.4 is 11.1 Å². The quantitative estimate of drug-likeness (QED) is 0.733. The number of aromatic nitrogens is 1. The Hall–Kier alpha value is -1.20. The minimum atomic E-state index is 0.389. The van der Waals surface area contributed by atoms with Gasteiger partial charge in [-0.3, -0.25) is 4.90 Å². The average Bonchev–Trinajstić information content (AvgIpc) is 3.19. The summed E-state index contributed by atoms with van der Waals surface area (Å²) >= 11 is 4.89. The van der Waals surface area contributed by atoms with Gasteiger partial charge in [-0.05, 0) is 31.5 Å². The second-order valence-corrected chi connectivity index (χ2v) is 5.02. The maximum Gasteiger partial charge on any atom is 0.125 e. The van der Waals surface area contributed by atoms with Crippen LogP contribution in [0.15, 0.2) is 18.3 Å². The number of rotatable bonds is 7. The molecule has 0 unspecified atom stereocenters. The molecule has 0 spiro atoms. The molecule has 1 fully saturated rings. The summed E-state index contributed by atoms with van der Waals surface area (Å²) in [7, 11) is 0. The number of thiocarbonyl (C=S) groups is 1. The Morgan fingerprint density at radius 3 is 2.83 bits per heavy atom. The van der Waals surface area contributed by atoms with Gasteiger partial charge in [-0.2, -0.15) is 0 Å². The highest BCUT2D eigenvalue weighted by Gasteiger charge is 2.26. The van der Waals surface area contributed by atoms with Crippen molar-refractivity contribution in [3.8, 4) is 0 Å². The second kappa shape index (κ2) is 6.11. The summed E-state index contributed by atoms with van der Waals surface area (Å²) in [4.78, 5) is 7.19. The molecule has 2 rings (SSSR count). The van der Waals surface area contributed by atoms with E-state index in [0.717, 1.165) is 37.1 Å². The lowest BCUT2D eigenvalue weighted by atomic mass is 10.3. The summed E-state index contributed by atoms with van der Waals surface area (Å²) in [5.41, 5.74) is 6.34. The molecule has 1 aliphatic carbocycles. The third-order valence-electron chi connectivity index (χ3n) is 3.22. The molecule has 4 nitrogen and oxygen atoms in total. The molecule has 1 heterocycles. The van der Waals surface area contributed by atoms with Crippen LogP contribution >= 0.6 is 12.2 Å². The Balaban J connectivity index is 1.77. The van der Waals surface area contributed by atoms with E-state index in [9.17, 15) is 0 Å². The normalized spacial score (nSPS) is 14.8. The first kappa shape index (κ1) is 13.2. The Labute approximate surface area is 114 Å². The molecule has 0 saturated heterocycles. The van der Waals surface area contributed by atoms with Gasteiger partial charge in [0.25, 0.3) is 0 Å². The minimum Gasteiger partial charge on any atom is -0.389 e. The van der Waals surface area contributed by atoms with Crippen LogP contribution in [0.4, 0.5) is 5.82 Å². The summed E-state index contributed by atoms with van der Waals surface area (Å²) in [5.74, 6) is 0.877. The Morgan fingerprint density at radius 2 is 2.33 bits per heavy atom. The monoisotopic (exact) mass is 264 g/mol. The van der Waals surface area contributed by atoms with Crippen LogP contribution in [0.2, 0.25) is 0 Å². The van der Waals surface area contributed by atoms with Gasteiger partial charge in [0.15, 0.2) is 0 Å². The summed E-state index contributed by atoms with van der Waals surface area (Å²) in [6.45, 7) is 5.33. The van der Waals surface area contributed by atoms with Crippen molar-refractivity contribution in [1.29, 1.82) is 0 Å². The molecular weight excluding hydrogens is 244 g/mol. The summed E-state index contributed by atoms with van der Waals surface area (Å²) in [6.07, 6.45) is 4.42. The highest BCUT2D eigenvalue weighted by atomic mass is 32.1. The zero-order chi connectivity index (χ0) is 13.0. The highest BCUT2D eigenvalue weighted by molar-refractivity contribution is 7.80. The fraction of sp³-hybridized carbons (Fsp3) is 0.538. The van der Waals surface area contributed by atoms with E-state index < -0.39 is 0 Å². The number of pyridine rings is 1. The molecule has 1 saturated carbocycles. The molecular formula is C13H20N4S. The lowest BCUT2D eigenvalue weighted by Crippen LogP contribution is -2.31. The van der Waals surface area contributed by atoms with Gasteiger partial charge in [-0.15, -0.1) is 0 Å². The lowest BCUT2D eigenvalue weighted by molar-refractivity contribution is 0.289. The van der Waals surface area contributed by atoms with E-state index in [0.29, 0.717) is 4.99 Å². The molecule has 0 amide bonds. The third-order valence-corrected chi connectivity index (χ3v) is 3.46. The van der Waals surface area contributed by atoms with Crippen molar-refractivity contribution in [1.82, 2.24) is 9.88 Å². The van der Waals surface area contributed by atoms with Crippen molar-refractivity contribution in [2.45, 2.75) is 25.8 Å². The second-order valence-electron chi connectivity index (χ2n) is 4.58. The molecule has 18 heavy (non-hydrogen) atoms. The molecule has 98 valence electrons. The standard InChI is InChI=1S/C13H20N4S/c1-2-17(11-4-5-11)8-7-15-12-6-3-10(9-16-12)13(14)18/h3,6,9,11H,2,4-5,7-8H2,1H3,(H2,14,18)(H,15,16). The van der Waals surface area contributed by atoms with Crippen molar-refractivity contribution in [2.75, 3.05) is 25.0 Å². The first-order valence-corrected chi connectivity index (χ1v) is 6.85. The van der Waals surface area contributed by atoms with Crippen molar-refractivity contribution in [3.05, 3.63) is 23.9 Å². The van der Waals surface area contributed by atoms with Gasteiger partial charge in [0, 0.05) is 30.9 Å². The van der Waals surface area contributed by atoms with Crippen LogP contribution in [0.5, 0.6) is 0 Å². The van der Waals surface area contributed by atoms with Crippen LogP contribution in [0.1, 0.15) is 25.3 Å². The van der Waals surface area contributed by atoms with Crippen molar-refractivity contribution in [2.24, 2.45) is 5.73 Å². The van der Waals surface area contributed by atoms with E-state index in [2.05, 4.69) is 22.1 Å². The third kappa shape index (κ3) is 3.65. The van der Waals surface area contributed by atoms with E-state index in [1.807, 2.05) is 12.1 Å². The Bertz CT molecular complexity index is 400. The van der Waals surface area contributed by atoms with E-state index in [1.54, 1.807) is 6.20 Å². The van der Waals surface area contributed by atoms with Gasteiger partial charge in [-0.25, -0.2) is 4.98 Å². The molecule has 1 aromatic heterocycles. The molecule has 0 atom stereocenters. The van der Waals surface area contributed by atoms with Crippen LogP contribution in [0, 0.1) is 0 Å². The van der Waals surface area contributed by atoms with Crippen LogP contribution in [0.3, 0.4) is 0 Å². The van der Waals surface area contributed by atoms with E-state index in [-0.39, 0.29) is 0 Å². The SMILES string of the molecule is CCN(CCNc1ccc(C(N)=S)cn1)C1CC1. The highest BCUT2D eigenvalue weighted by Crippen LogP contribution is 2.25. The molecule has 0 bridgehead atoms. The maximum atomic E-state index is 5.53. The van der Waals surface area contributed by atoms with Gasteiger partial charge < -0.3 is 11.1 Å². The summed E-state index contributed by atoms with van der Waals surface area (Å²) in [5, 5.41) is 3.32. The molecule has 0 aromatic carbocycles. The number of nitrogens with two attached hydrogens (primary N) is 1. The first-order chi connectivity index (χ1) is 8.70. The first-order valence-electron chi connectivity index (χ1n) is 6.44. The number of nitrogens with one attached hydrogen (secondary N) is 1. The van der Waals surface area contributed by atoms with Gasteiger partial charge in [0.2, 0.25) is 0 Å². The number of hydrogen-bond donors (Lipinski definition) is 2. The van der Waals surface area contributed by atoms with Crippen LogP contribution in [-0.4, -0.2) is 40.5 Å². The molecule has 1 aromatic rings. The Morgan fingerprint density at radius 1 is 1.56 bits per heavy atom. The van der Waals surface area contributed by atoms with Gasteiger partial charge in [-0.1, -0.05) is 19.1 Å².